The minimum Gasteiger partial charge on any atom is -0.493 e. The average molecular weight is 270 g/mol. The normalized spacial score (nSPS) is 10.2. The molecule has 0 aliphatic heterocycles. The van der Waals surface area contributed by atoms with E-state index < -0.39 is 0 Å². The largest absolute Gasteiger partial charge is 0.493 e. The van der Waals surface area contributed by atoms with Crippen molar-refractivity contribution in [1.29, 1.82) is 0 Å². The van der Waals surface area contributed by atoms with E-state index >= 15 is 0 Å². The van der Waals surface area contributed by atoms with Gasteiger partial charge in [-0.3, -0.25) is 4.79 Å². The average Bonchev–Trinajstić information content (AvgIpc) is 2.48. The molecule has 0 N–H and O–H groups in total. The molecule has 2 rings (SSSR count). The summed E-state index contributed by atoms with van der Waals surface area (Å²) in [6.45, 7) is 3.83. The van der Waals surface area contributed by atoms with Crippen molar-refractivity contribution in [1.82, 2.24) is 0 Å². The lowest BCUT2D eigenvalue weighted by Crippen LogP contribution is -2.00. The summed E-state index contributed by atoms with van der Waals surface area (Å²) < 4.78 is 11.2. The molecular weight excluding hydrogens is 252 g/mol. The fourth-order valence-corrected chi connectivity index (χ4v) is 1.95. The summed E-state index contributed by atoms with van der Waals surface area (Å²) >= 11 is 0. The van der Waals surface area contributed by atoms with Crippen LogP contribution in [0.3, 0.4) is 0 Å². The maximum absolute atomic E-state index is 11.9. The predicted octanol–water partition coefficient (Wildman–Crippen LogP) is 4.39. The van der Waals surface area contributed by atoms with Gasteiger partial charge < -0.3 is 9.47 Å². The molecule has 2 aromatic carbocycles. The van der Waals surface area contributed by atoms with Crippen molar-refractivity contribution in [3.63, 3.8) is 0 Å². The third kappa shape index (κ3) is 2.99. The molecule has 0 bridgehead atoms. The number of benzene rings is 2. The van der Waals surface area contributed by atoms with Gasteiger partial charge >= 0.3 is 0 Å². The van der Waals surface area contributed by atoms with Crippen LogP contribution in [-0.2, 0) is 0 Å². The van der Waals surface area contributed by atoms with Crippen LogP contribution in [0.4, 0.5) is 0 Å². The molecule has 0 saturated carbocycles. The maximum Gasteiger partial charge on any atom is 0.169 e. The Morgan fingerprint density at radius 2 is 1.80 bits per heavy atom. The van der Waals surface area contributed by atoms with E-state index in [1.807, 2.05) is 44.2 Å². The summed E-state index contributed by atoms with van der Waals surface area (Å²) in [4.78, 5) is 11.9. The Labute approximate surface area is 119 Å². The Morgan fingerprint density at radius 3 is 2.50 bits per heavy atom. The molecule has 0 fully saturated rings. The summed E-state index contributed by atoms with van der Waals surface area (Å²) in [5.74, 6) is 1.88. The second kappa shape index (κ2) is 6.24. The Kier molecular flexibility index (Phi) is 4.41. The monoisotopic (exact) mass is 270 g/mol. The highest BCUT2D eigenvalue weighted by Gasteiger charge is 2.13. The number of carbonyl (C=O) groups excluding carboxylic acids is 1. The standard InChI is InChI=1S/C17H18O3/c1-4-14(18)13-7-5-6-8-15(13)20-16-10-9-12(2)11-17(16)19-3/h5-11H,4H2,1-3H3. The second-order valence-corrected chi connectivity index (χ2v) is 4.53. The van der Waals surface area contributed by atoms with Crippen molar-refractivity contribution in [2.75, 3.05) is 7.11 Å². The van der Waals surface area contributed by atoms with Gasteiger partial charge in [0, 0.05) is 6.42 Å². The first-order chi connectivity index (χ1) is 9.65. The molecule has 0 atom stereocenters. The molecule has 0 aliphatic carbocycles. The molecule has 0 aliphatic rings. The Morgan fingerprint density at radius 1 is 1.05 bits per heavy atom. The van der Waals surface area contributed by atoms with Crippen molar-refractivity contribution in [3.05, 3.63) is 53.6 Å². The summed E-state index contributed by atoms with van der Waals surface area (Å²) in [6.07, 6.45) is 0.450. The number of para-hydroxylation sites is 1. The summed E-state index contributed by atoms with van der Waals surface area (Å²) in [5, 5.41) is 0. The fraction of sp³-hybridized carbons (Fsp3) is 0.235. The molecule has 0 amide bonds. The number of rotatable bonds is 5. The first-order valence-corrected chi connectivity index (χ1v) is 6.60. The van der Waals surface area contributed by atoms with Crippen LogP contribution < -0.4 is 9.47 Å². The van der Waals surface area contributed by atoms with Crippen LogP contribution in [0.15, 0.2) is 42.5 Å². The zero-order valence-electron chi connectivity index (χ0n) is 12.0. The topological polar surface area (TPSA) is 35.5 Å². The maximum atomic E-state index is 11.9. The SMILES string of the molecule is CCC(=O)c1ccccc1Oc1ccc(C)cc1OC. The van der Waals surface area contributed by atoms with E-state index in [-0.39, 0.29) is 5.78 Å². The Bertz CT molecular complexity index is 617. The van der Waals surface area contributed by atoms with Gasteiger partial charge in [0.1, 0.15) is 5.75 Å². The minimum absolute atomic E-state index is 0.0617. The van der Waals surface area contributed by atoms with Gasteiger partial charge in [0.2, 0.25) is 0 Å². The van der Waals surface area contributed by atoms with Crippen LogP contribution in [0.25, 0.3) is 0 Å². The molecule has 0 aromatic heterocycles. The Balaban J connectivity index is 2.38. The number of ether oxygens (including phenoxy) is 2. The molecule has 0 unspecified atom stereocenters. The second-order valence-electron chi connectivity index (χ2n) is 4.53. The van der Waals surface area contributed by atoms with Crippen molar-refractivity contribution < 1.29 is 14.3 Å². The van der Waals surface area contributed by atoms with Gasteiger partial charge in [0.05, 0.1) is 12.7 Å². The quantitative estimate of drug-likeness (QED) is 0.756. The number of carbonyl (C=O) groups is 1. The van der Waals surface area contributed by atoms with Crippen LogP contribution in [0.2, 0.25) is 0 Å². The number of aryl methyl sites for hydroxylation is 1. The van der Waals surface area contributed by atoms with Crippen molar-refractivity contribution >= 4 is 5.78 Å². The lowest BCUT2D eigenvalue weighted by atomic mass is 10.1. The zero-order chi connectivity index (χ0) is 14.5. The van der Waals surface area contributed by atoms with Crippen LogP contribution in [-0.4, -0.2) is 12.9 Å². The summed E-state index contributed by atoms with van der Waals surface area (Å²) in [6, 6.07) is 13.0. The van der Waals surface area contributed by atoms with Crippen molar-refractivity contribution in [2.45, 2.75) is 20.3 Å². The van der Waals surface area contributed by atoms with E-state index in [2.05, 4.69) is 0 Å². The highest BCUT2D eigenvalue weighted by Crippen LogP contribution is 2.33. The highest BCUT2D eigenvalue weighted by molar-refractivity contribution is 5.98. The van der Waals surface area contributed by atoms with Gasteiger partial charge in [-0.05, 0) is 36.8 Å². The van der Waals surface area contributed by atoms with Crippen molar-refractivity contribution in [2.24, 2.45) is 0 Å². The lowest BCUT2D eigenvalue weighted by Gasteiger charge is -2.13. The molecule has 20 heavy (non-hydrogen) atoms. The van der Waals surface area contributed by atoms with E-state index in [1.54, 1.807) is 19.2 Å². The van der Waals surface area contributed by atoms with Crippen LogP contribution in [0.5, 0.6) is 17.2 Å². The molecular formula is C17H18O3. The van der Waals surface area contributed by atoms with Gasteiger partial charge in [-0.2, -0.15) is 0 Å². The predicted molar refractivity (Wildman–Crippen MR) is 78.9 cm³/mol. The first-order valence-electron chi connectivity index (χ1n) is 6.60. The molecule has 104 valence electrons. The third-order valence-electron chi connectivity index (χ3n) is 3.05. The van der Waals surface area contributed by atoms with Gasteiger partial charge in [0.15, 0.2) is 17.3 Å². The van der Waals surface area contributed by atoms with Crippen LogP contribution in [0.1, 0.15) is 29.3 Å². The first kappa shape index (κ1) is 14.1. The van der Waals surface area contributed by atoms with E-state index in [4.69, 9.17) is 9.47 Å². The van der Waals surface area contributed by atoms with E-state index in [1.165, 1.54) is 0 Å². The highest BCUT2D eigenvalue weighted by atomic mass is 16.5. The molecule has 0 heterocycles. The number of hydrogen-bond donors (Lipinski definition) is 0. The number of ketones is 1. The molecule has 0 saturated heterocycles. The summed E-state index contributed by atoms with van der Waals surface area (Å²) in [5.41, 5.74) is 1.68. The van der Waals surface area contributed by atoms with Crippen LogP contribution in [0, 0.1) is 6.92 Å². The van der Waals surface area contributed by atoms with Gasteiger partial charge in [-0.25, -0.2) is 0 Å². The fourth-order valence-electron chi connectivity index (χ4n) is 1.95. The number of Topliss-reactive ketones (excluding diaryl/α,β-unsaturated/α-hetero) is 1. The molecule has 3 nitrogen and oxygen atoms in total. The van der Waals surface area contributed by atoms with Gasteiger partial charge in [0.25, 0.3) is 0 Å². The minimum atomic E-state index is 0.0617. The van der Waals surface area contributed by atoms with E-state index in [9.17, 15) is 4.79 Å². The number of hydrogen-bond acceptors (Lipinski definition) is 3. The smallest absolute Gasteiger partial charge is 0.169 e. The van der Waals surface area contributed by atoms with E-state index in [0.29, 0.717) is 29.2 Å². The van der Waals surface area contributed by atoms with E-state index in [0.717, 1.165) is 5.56 Å². The molecule has 3 heteroatoms. The third-order valence-corrected chi connectivity index (χ3v) is 3.05. The molecule has 0 spiro atoms. The molecule has 0 radical (unpaired) electrons. The summed E-state index contributed by atoms with van der Waals surface area (Å²) in [7, 11) is 1.60. The lowest BCUT2D eigenvalue weighted by molar-refractivity contribution is 0.0986. The van der Waals surface area contributed by atoms with Gasteiger partial charge in [-0.1, -0.05) is 25.1 Å². The number of methoxy groups -OCH3 is 1. The van der Waals surface area contributed by atoms with Crippen LogP contribution >= 0.6 is 0 Å². The molecule has 2 aromatic rings. The van der Waals surface area contributed by atoms with Crippen molar-refractivity contribution in [3.8, 4) is 17.2 Å². The Hall–Kier alpha value is -2.29. The van der Waals surface area contributed by atoms with Gasteiger partial charge in [-0.15, -0.1) is 0 Å². The zero-order valence-corrected chi connectivity index (χ0v) is 12.0.